The molecule has 0 aromatic heterocycles. The highest BCUT2D eigenvalue weighted by atomic mass is 16.3. The van der Waals surface area contributed by atoms with E-state index in [4.69, 9.17) is 0 Å². The molecule has 8 aliphatic carbocycles. The van der Waals surface area contributed by atoms with E-state index in [0.717, 1.165) is 64.2 Å². The third-order valence-electron chi connectivity index (χ3n) is 12.4. The molecular formula is C36H44O4. The molecule has 0 heterocycles. The first-order chi connectivity index (χ1) is 19.2. The van der Waals surface area contributed by atoms with Crippen LogP contribution in [0.5, 0.6) is 0 Å². The van der Waals surface area contributed by atoms with Crippen LogP contribution in [0.15, 0.2) is 69.9 Å². The van der Waals surface area contributed by atoms with Crippen LogP contribution in [-0.2, 0) is 9.59 Å². The van der Waals surface area contributed by atoms with Crippen molar-refractivity contribution >= 4 is 11.6 Å². The molecule has 2 N–H and O–H groups in total. The maximum absolute atomic E-state index is 11.6. The Labute approximate surface area is 238 Å². The summed E-state index contributed by atoms with van der Waals surface area (Å²) in [5.74, 6) is 2.96. The summed E-state index contributed by atoms with van der Waals surface area (Å²) in [6.45, 7) is 4.45. The van der Waals surface area contributed by atoms with Gasteiger partial charge in [0.2, 0.25) is 0 Å². The summed E-state index contributed by atoms with van der Waals surface area (Å²) in [6.07, 6.45) is 24.2. The fourth-order valence-electron chi connectivity index (χ4n) is 9.99. The van der Waals surface area contributed by atoms with Crippen LogP contribution in [0.3, 0.4) is 0 Å². The maximum Gasteiger partial charge on any atom is 0.156 e. The van der Waals surface area contributed by atoms with Gasteiger partial charge in [-0.05, 0) is 133 Å². The van der Waals surface area contributed by atoms with Crippen LogP contribution in [0, 0.1) is 34.5 Å². The number of carbonyl (C=O) groups excluding carboxylic acids is 2. The minimum Gasteiger partial charge on any atom is -0.392 e. The smallest absolute Gasteiger partial charge is 0.156 e. The van der Waals surface area contributed by atoms with Gasteiger partial charge in [0.25, 0.3) is 0 Å². The van der Waals surface area contributed by atoms with Gasteiger partial charge in [-0.25, -0.2) is 0 Å². The zero-order chi connectivity index (χ0) is 27.8. The molecule has 4 heteroatoms. The van der Waals surface area contributed by atoms with Crippen LogP contribution in [0.25, 0.3) is 0 Å². The number of ketones is 2. The normalized spacial score (nSPS) is 43.0. The van der Waals surface area contributed by atoms with Crippen LogP contribution in [-0.4, -0.2) is 34.0 Å². The fourth-order valence-corrected chi connectivity index (χ4v) is 9.99. The molecule has 0 bridgehead atoms. The molecule has 40 heavy (non-hydrogen) atoms. The average molecular weight is 541 g/mol. The molecule has 0 radical (unpaired) electrons. The van der Waals surface area contributed by atoms with Crippen molar-refractivity contribution in [3.8, 4) is 0 Å². The summed E-state index contributed by atoms with van der Waals surface area (Å²) in [4.78, 5) is 23.2. The van der Waals surface area contributed by atoms with Gasteiger partial charge in [-0.15, -0.1) is 0 Å². The molecule has 8 atom stereocenters. The number of aliphatic hydroxyl groups excluding tert-OH is 2. The van der Waals surface area contributed by atoms with Gasteiger partial charge in [-0.1, -0.05) is 38.2 Å². The van der Waals surface area contributed by atoms with Crippen LogP contribution in [0.4, 0.5) is 0 Å². The lowest BCUT2D eigenvalue weighted by Crippen LogP contribution is -2.39. The number of fused-ring (bicyclic) bond motifs is 8. The second-order valence-corrected chi connectivity index (χ2v) is 14.2. The molecule has 0 aromatic carbocycles. The number of allylic oxidation sites excluding steroid dienone is 10. The third kappa shape index (κ3) is 4.00. The summed E-state index contributed by atoms with van der Waals surface area (Å²) >= 11 is 0. The molecule has 4 nitrogen and oxygen atoms in total. The van der Waals surface area contributed by atoms with E-state index in [2.05, 4.69) is 38.2 Å². The van der Waals surface area contributed by atoms with Crippen molar-refractivity contribution < 1.29 is 19.8 Å². The van der Waals surface area contributed by atoms with Gasteiger partial charge < -0.3 is 10.2 Å². The highest BCUT2D eigenvalue weighted by Gasteiger charge is 2.52. The molecular weight excluding hydrogens is 496 g/mol. The van der Waals surface area contributed by atoms with Gasteiger partial charge >= 0.3 is 0 Å². The maximum atomic E-state index is 11.6. The van der Waals surface area contributed by atoms with Gasteiger partial charge in [-0.2, -0.15) is 0 Å². The zero-order valence-corrected chi connectivity index (χ0v) is 24.1. The zero-order valence-electron chi connectivity index (χ0n) is 24.1. The molecule has 8 rings (SSSR count). The molecule has 0 unspecified atom stereocenters. The lowest BCUT2D eigenvalue weighted by atomic mass is 9.60. The van der Waals surface area contributed by atoms with Crippen LogP contribution >= 0.6 is 0 Å². The van der Waals surface area contributed by atoms with E-state index in [9.17, 15) is 19.8 Å². The van der Waals surface area contributed by atoms with E-state index < -0.39 is 0 Å². The number of hydrogen-bond acceptors (Lipinski definition) is 4. The average Bonchev–Trinajstić information content (AvgIpc) is 3.43. The van der Waals surface area contributed by atoms with Crippen molar-refractivity contribution in [1.29, 1.82) is 0 Å². The Morgan fingerprint density at radius 1 is 0.600 bits per heavy atom. The predicted molar refractivity (Wildman–Crippen MR) is 156 cm³/mol. The fraction of sp³-hybridized carbons (Fsp3) is 0.611. The molecule has 0 spiro atoms. The molecule has 8 aliphatic rings. The van der Waals surface area contributed by atoms with Gasteiger partial charge in [0.1, 0.15) is 0 Å². The van der Waals surface area contributed by atoms with E-state index in [1.54, 1.807) is 0 Å². The van der Waals surface area contributed by atoms with E-state index in [0.29, 0.717) is 48.1 Å². The number of hydrogen-bond donors (Lipinski definition) is 2. The monoisotopic (exact) mass is 540 g/mol. The number of rotatable bonds is 0. The topological polar surface area (TPSA) is 74.6 Å². The molecule has 0 aliphatic heterocycles. The molecule has 0 saturated heterocycles. The lowest BCUT2D eigenvalue weighted by Gasteiger charge is -2.44. The van der Waals surface area contributed by atoms with E-state index in [1.807, 2.05) is 12.2 Å². The van der Waals surface area contributed by atoms with Crippen molar-refractivity contribution in [3.05, 3.63) is 69.9 Å². The molecule has 0 aromatic rings. The van der Waals surface area contributed by atoms with Crippen LogP contribution in [0.1, 0.15) is 90.9 Å². The predicted octanol–water partition coefficient (Wildman–Crippen LogP) is 6.66. The SMILES string of the molecule is C[C@]12C=CC3=C4CCC(=O)C=C4CC[C@H]3[C@@H]1CC[C@@H]2O.C[C@]12C=CC3=C4CCC(=O)C=C4CC[C@H]3[C@@H]1CC[C@@H]2O. The largest absolute Gasteiger partial charge is 0.392 e. The highest BCUT2D eigenvalue weighted by molar-refractivity contribution is 5.93. The van der Waals surface area contributed by atoms with Gasteiger partial charge in [0.05, 0.1) is 12.2 Å². The molecule has 212 valence electrons. The Morgan fingerprint density at radius 2 is 1.02 bits per heavy atom. The van der Waals surface area contributed by atoms with Gasteiger partial charge in [-0.3, -0.25) is 9.59 Å². The molecule has 0 amide bonds. The van der Waals surface area contributed by atoms with Gasteiger partial charge in [0, 0.05) is 23.7 Å². The van der Waals surface area contributed by atoms with E-state index >= 15 is 0 Å². The van der Waals surface area contributed by atoms with Crippen molar-refractivity contribution in [2.24, 2.45) is 34.5 Å². The first-order valence-corrected chi connectivity index (χ1v) is 15.9. The minimum absolute atomic E-state index is 0.0274. The lowest BCUT2D eigenvalue weighted by molar-refractivity contribution is -0.115. The summed E-state index contributed by atoms with van der Waals surface area (Å²) in [5.41, 5.74) is 8.37. The number of aliphatic hydroxyl groups is 2. The first kappa shape index (κ1) is 26.6. The van der Waals surface area contributed by atoms with Crippen molar-refractivity contribution in [1.82, 2.24) is 0 Å². The standard InChI is InChI=1S/2C18H22O2/c2*1-18-9-8-14-13-5-3-12(19)10-11(13)2-4-15(14)16(18)6-7-17(18)20/h2*8-10,15-17,20H,2-7H2,1H3/t2*15-,16+,17+,18+/m11/s1. The summed E-state index contributed by atoms with van der Waals surface area (Å²) in [6, 6.07) is 0. The minimum atomic E-state index is -0.180. The third-order valence-corrected chi connectivity index (χ3v) is 12.4. The van der Waals surface area contributed by atoms with Crippen molar-refractivity contribution in [2.75, 3.05) is 0 Å². The molecule has 2 saturated carbocycles. The van der Waals surface area contributed by atoms with E-state index in [-0.39, 0.29) is 23.0 Å². The Kier molecular flexibility index (Phi) is 6.40. The van der Waals surface area contributed by atoms with Gasteiger partial charge in [0.15, 0.2) is 11.6 Å². The van der Waals surface area contributed by atoms with Crippen LogP contribution < -0.4 is 0 Å². The van der Waals surface area contributed by atoms with Crippen LogP contribution in [0.2, 0.25) is 0 Å². The second-order valence-electron chi connectivity index (χ2n) is 14.2. The Bertz CT molecular complexity index is 1230. The Hall–Kier alpha value is -2.30. The molecule has 2 fully saturated rings. The van der Waals surface area contributed by atoms with E-state index in [1.165, 1.54) is 33.4 Å². The Morgan fingerprint density at radius 3 is 1.45 bits per heavy atom. The second kappa shape index (κ2) is 9.63. The summed E-state index contributed by atoms with van der Waals surface area (Å²) in [5, 5.41) is 20.6. The Balaban J connectivity index is 0.000000132. The summed E-state index contributed by atoms with van der Waals surface area (Å²) < 4.78 is 0. The van der Waals surface area contributed by atoms with Crippen molar-refractivity contribution in [2.45, 2.75) is 103 Å². The number of carbonyl (C=O) groups is 2. The first-order valence-electron chi connectivity index (χ1n) is 15.9. The summed E-state index contributed by atoms with van der Waals surface area (Å²) in [7, 11) is 0. The van der Waals surface area contributed by atoms with Crippen molar-refractivity contribution in [3.63, 3.8) is 0 Å². The highest BCUT2D eigenvalue weighted by Crippen LogP contribution is 2.58. The quantitative estimate of drug-likeness (QED) is 0.360.